The molecule has 9 nitrogen and oxygen atoms in total. The van der Waals surface area contributed by atoms with Gasteiger partial charge in [-0.25, -0.2) is 14.6 Å². The molecule has 0 bridgehead atoms. The van der Waals surface area contributed by atoms with Gasteiger partial charge in [-0.05, 0) is 53.4 Å². The smallest absolute Gasteiger partial charge is 0.356 e. The Bertz CT molecular complexity index is 1410. The van der Waals surface area contributed by atoms with Crippen LogP contribution in [-0.2, 0) is 19.8 Å². The average molecular weight is 488 g/mol. The van der Waals surface area contributed by atoms with Crippen molar-refractivity contribution in [3.8, 4) is 11.1 Å². The molecule has 3 aromatic rings. The second-order valence-electron chi connectivity index (χ2n) is 8.78. The number of rotatable bonds is 7. The minimum atomic E-state index is -0.573. The van der Waals surface area contributed by atoms with Crippen LogP contribution in [0.25, 0.3) is 11.1 Å². The number of nitrogens with zero attached hydrogens (tertiary/aromatic N) is 3. The van der Waals surface area contributed by atoms with Crippen molar-refractivity contribution < 1.29 is 24.1 Å². The Morgan fingerprint density at radius 3 is 2.33 bits per heavy atom. The quantitative estimate of drug-likeness (QED) is 0.148. The Kier molecular flexibility index (Phi) is 6.65. The van der Waals surface area contributed by atoms with Gasteiger partial charge in [0, 0.05) is 41.3 Å². The van der Waals surface area contributed by atoms with Gasteiger partial charge in [0.05, 0.1) is 11.5 Å². The lowest BCUT2D eigenvalue weighted by Crippen LogP contribution is -2.17. The standard InChI is InChI=1S/C27H25N3O6/c1-5-24(31)36-29-25(17-11-12-28-23(14-17)26(32)35-6-2)16-7-9-19-20-10-8-18(30(33)34)15-22(20)27(3,4)21(19)13-16/h7-15H,5-6H2,1-4H3/b29-25+. The van der Waals surface area contributed by atoms with E-state index in [0.717, 1.165) is 22.3 Å². The molecule has 2 aromatic carbocycles. The maximum atomic E-state index is 12.3. The fraction of sp³-hybridized carbons (Fsp3) is 0.259. The number of fused-ring (bicyclic) bond motifs is 3. The van der Waals surface area contributed by atoms with Crippen molar-refractivity contribution in [3.63, 3.8) is 0 Å². The Labute approximate surface area is 207 Å². The number of nitro groups is 1. The summed E-state index contributed by atoms with van der Waals surface area (Å²) in [5, 5.41) is 15.5. The summed E-state index contributed by atoms with van der Waals surface area (Å²) in [7, 11) is 0. The van der Waals surface area contributed by atoms with Crippen LogP contribution in [0.4, 0.5) is 5.69 Å². The molecule has 0 spiro atoms. The molecule has 0 atom stereocenters. The van der Waals surface area contributed by atoms with Gasteiger partial charge in [-0.2, -0.15) is 0 Å². The molecule has 0 radical (unpaired) electrons. The highest BCUT2D eigenvalue weighted by atomic mass is 16.7. The number of oxime groups is 1. The van der Waals surface area contributed by atoms with Crippen molar-refractivity contribution in [2.45, 2.75) is 39.5 Å². The van der Waals surface area contributed by atoms with Gasteiger partial charge >= 0.3 is 11.9 Å². The molecule has 184 valence electrons. The van der Waals surface area contributed by atoms with Crippen LogP contribution in [0.5, 0.6) is 0 Å². The molecule has 0 saturated carbocycles. The maximum absolute atomic E-state index is 12.3. The van der Waals surface area contributed by atoms with E-state index in [9.17, 15) is 19.7 Å². The highest BCUT2D eigenvalue weighted by molar-refractivity contribution is 6.14. The zero-order valence-electron chi connectivity index (χ0n) is 20.4. The number of esters is 1. The van der Waals surface area contributed by atoms with Gasteiger partial charge in [0.2, 0.25) is 0 Å². The fourth-order valence-corrected chi connectivity index (χ4v) is 4.31. The summed E-state index contributed by atoms with van der Waals surface area (Å²) in [4.78, 5) is 44.3. The van der Waals surface area contributed by atoms with Crippen molar-refractivity contribution in [1.29, 1.82) is 0 Å². The predicted molar refractivity (Wildman–Crippen MR) is 133 cm³/mol. The summed E-state index contributed by atoms with van der Waals surface area (Å²) in [6, 6.07) is 13.8. The molecule has 0 amide bonds. The molecule has 1 heterocycles. The van der Waals surface area contributed by atoms with Crippen molar-refractivity contribution in [3.05, 3.63) is 92.8 Å². The van der Waals surface area contributed by atoms with Gasteiger partial charge in [-0.3, -0.25) is 10.1 Å². The molecule has 1 aliphatic rings. The SMILES string of the molecule is CCOC(=O)c1cc(/C(=N/OC(=O)CC)c2ccc3c(c2)C(C)(C)c2cc([N+](=O)[O-])ccc2-3)ccn1. The van der Waals surface area contributed by atoms with Gasteiger partial charge < -0.3 is 9.57 Å². The van der Waals surface area contributed by atoms with Crippen molar-refractivity contribution in [2.24, 2.45) is 5.16 Å². The Morgan fingerprint density at radius 1 is 1.00 bits per heavy atom. The summed E-state index contributed by atoms with van der Waals surface area (Å²) in [5.41, 5.74) is 4.80. The van der Waals surface area contributed by atoms with Crippen LogP contribution in [0, 0.1) is 10.1 Å². The largest absolute Gasteiger partial charge is 0.461 e. The minimum Gasteiger partial charge on any atom is -0.461 e. The highest BCUT2D eigenvalue weighted by Gasteiger charge is 2.37. The third-order valence-corrected chi connectivity index (χ3v) is 6.19. The zero-order chi connectivity index (χ0) is 26.0. The van der Waals surface area contributed by atoms with Gasteiger partial charge in [-0.1, -0.05) is 38.1 Å². The molecular formula is C27H25N3O6. The molecular weight excluding hydrogens is 462 g/mol. The normalized spacial score (nSPS) is 13.5. The van der Waals surface area contributed by atoms with Gasteiger partial charge in [-0.15, -0.1) is 0 Å². The topological polar surface area (TPSA) is 121 Å². The fourth-order valence-electron chi connectivity index (χ4n) is 4.31. The van der Waals surface area contributed by atoms with E-state index in [1.54, 1.807) is 32.0 Å². The molecule has 4 rings (SSSR count). The molecule has 0 saturated heterocycles. The monoisotopic (exact) mass is 487 g/mol. The number of ether oxygens (including phenoxy) is 1. The number of carbonyl (C=O) groups excluding carboxylic acids is 2. The van der Waals surface area contributed by atoms with E-state index in [2.05, 4.69) is 10.1 Å². The molecule has 1 aliphatic carbocycles. The summed E-state index contributed by atoms with van der Waals surface area (Å²) in [6.45, 7) is 7.59. The summed E-state index contributed by atoms with van der Waals surface area (Å²) in [5.74, 6) is -1.08. The van der Waals surface area contributed by atoms with E-state index in [0.29, 0.717) is 16.8 Å². The number of aromatic nitrogens is 1. The van der Waals surface area contributed by atoms with Gasteiger partial charge in [0.1, 0.15) is 11.4 Å². The van der Waals surface area contributed by atoms with E-state index in [1.807, 2.05) is 32.0 Å². The number of benzene rings is 2. The minimum absolute atomic E-state index is 0.0341. The average Bonchev–Trinajstić information content (AvgIpc) is 3.10. The Balaban J connectivity index is 1.83. The van der Waals surface area contributed by atoms with Gasteiger partial charge in [0.25, 0.3) is 5.69 Å². The number of non-ortho nitro benzene ring substituents is 1. The van der Waals surface area contributed by atoms with Crippen LogP contribution in [0.3, 0.4) is 0 Å². The van der Waals surface area contributed by atoms with E-state index in [1.165, 1.54) is 18.3 Å². The van der Waals surface area contributed by atoms with E-state index in [4.69, 9.17) is 9.57 Å². The molecule has 0 aliphatic heterocycles. The van der Waals surface area contributed by atoms with Crippen molar-refractivity contribution >= 4 is 23.3 Å². The molecule has 0 N–H and O–H groups in total. The van der Waals surface area contributed by atoms with Crippen LogP contribution in [0.2, 0.25) is 0 Å². The number of pyridine rings is 1. The summed E-state index contributed by atoms with van der Waals surface area (Å²) >= 11 is 0. The maximum Gasteiger partial charge on any atom is 0.356 e. The summed E-state index contributed by atoms with van der Waals surface area (Å²) < 4.78 is 5.06. The number of hydrogen-bond donors (Lipinski definition) is 0. The first-order valence-electron chi connectivity index (χ1n) is 11.5. The first-order valence-corrected chi connectivity index (χ1v) is 11.5. The third-order valence-electron chi connectivity index (χ3n) is 6.19. The number of nitro benzene ring substituents is 1. The van der Waals surface area contributed by atoms with Crippen LogP contribution < -0.4 is 0 Å². The molecule has 1 aromatic heterocycles. The van der Waals surface area contributed by atoms with E-state index in [-0.39, 0.29) is 24.4 Å². The first-order chi connectivity index (χ1) is 17.2. The van der Waals surface area contributed by atoms with Crippen LogP contribution in [0.1, 0.15) is 66.9 Å². The zero-order valence-corrected chi connectivity index (χ0v) is 20.4. The second kappa shape index (κ2) is 9.69. The molecule has 0 fully saturated rings. The Morgan fingerprint density at radius 2 is 1.67 bits per heavy atom. The number of hydrogen-bond acceptors (Lipinski definition) is 8. The molecule has 36 heavy (non-hydrogen) atoms. The third kappa shape index (κ3) is 4.47. The lowest BCUT2D eigenvalue weighted by atomic mass is 9.81. The first kappa shape index (κ1) is 24.7. The van der Waals surface area contributed by atoms with E-state index >= 15 is 0 Å². The molecule has 9 heteroatoms. The lowest BCUT2D eigenvalue weighted by molar-refractivity contribution is -0.384. The van der Waals surface area contributed by atoms with E-state index < -0.39 is 22.3 Å². The van der Waals surface area contributed by atoms with Crippen molar-refractivity contribution in [2.75, 3.05) is 6.61 Å². The second-order valence-corrected chi connectivity index (χ2v) is 8.78. The predicted octanol–water partition coefficient (Wildman–Crippen LogP) is 5.18. The van der Waals surface area contributed by atoms with Crippen LogP contribution in [0.15, 0.2) is 59.9 Å². The van der Waals surface area contributed by atoms with Crippen molar-refractivity contribution in [1.82, 2.24) is 4.98 Å². The lowest BCUT2D eigenvalue weighted by Gasteiger charge is -2.22. The van der Waals surface area contributed by atoms with Gasteiger partial charge in [0.15, 0.2) is 0 Å². The molecule has 0 unspecified atom stereocenters. The van der Waals surface area contributed by atoms with Crippen LogP contribution in [-0.4, -0.2) is 34.2 Å². The highest BCUT2D eigenvalue weighted by Crippen LogP contribution is 2.49. The Hall–Kier alpha value is -4.40. The van der Waals surface area contributed by atoms with Crippen LogP contribution >= 0.6 is 0 Å². The summed E-state index contributed by atoms with van der Waals surface area (Å²) in [6.07, 6.45) is 1.61. The number of carbonyl (C=O) groups is 2.